The van der Waals surface area contributed by atoms with Gasteiger partial charge in [-0.25, -0.2) is 0 Å². The monoisotopic (exact) mass is 338 g/mol. The fourth-order valence-electron chi connectivity index (χ4n) is 3.21. The molecule has 2 aromatic rings. The van der Waals surface area contributed by atoms with E-state index in [4.69, 9.17) is 0 Å². The third-order valence-corrected chi connectivity index (χ3v) is 4.47. The van der Waals surface area contributed by atoms with Crippen LogP contribution in [0.5, 0.6) is 0 Å². The van der Waals surface area contributed by atoms with E-state index in [9.17, 15) is 22.8 Å². The van der Waals surface area contributed by atoms with E-state index in [0.29, 0.717) is 23.6 Å². The summed E-state index contributed by atoms with van der Waals surface area (Å²) in [6.07, 6.45) is -3.32. The van der Waals surface area contributed by atoms with E-state index in [0.717, 1.165) is 0 Å². The minimum atomic E-state index is -4.24. The number of amides is 1. The fourth-order valence-corrected chi connectivity index (χ4v) is 3.21. The second kappa shape index (κ2) is 6.30. The first-order valence-electron chi connectivity index (χ1n) is 7.84. The Morgan fingerprint density at radius 3 is 2.71 bits per heavy atom. The highest BCUT2D eigenvalue weighted by molar-refractivity contribution is 5.96. The van der Waals surface area contributed by atoms with E-state index in [1.807, 2.05) is 0 Å². The molecule has 2 N–H and O–H groups in total. The van der Waals surface area contributed by atoms with Crippen molar-refractivity contribution in [3.63, 3.8) is 0 Å². The summed E-state index contributed by atoms with van der Waals surface area (Å²) >= 11 is 0. The first kappa shape index (κ1) is 16.5. The second-order valence-corrected chi connectivity index (χ2v) is 6.17. The van der Waals surface area contributed by atoms with E-state index in [1.165, 1.54) is 6.07 Å². The molecule has 0 aliphatic heterocycles. The minimum absolute atomic E-state index is 0.0628. The Kier molecular flexibility index (Phi) is 4.34. The number of aromatic nitrogens is 1. The fraction of sp³-hybridized carbons (Fsp3) is 0.412. The largest absolute Gasteiger partial charge is 0.391 e. The van der Waals surface area contributed by atoms with Crippen LogP contribution in [0.25, 0.3) is 10.8 Å². The zero-order chi connectivity index (χ0) is 17.3. The lowest BCUT2D eigenvalue weighted by Gasteiger charge is -2.31. The second-order valence-electron chi connectivity index (χ2n) is 6.17. The topological polar surface area (TPSA) is 62.0 Å². The summed E-state index contributed by atoms with van der Waals surface area (Å²) in [7, 11) is 0. The number of H-pyrrole nitrogens is 1. The van der Waals surface area contributed by atoms with Crippen molar-refractivity contribution in [2.24, 2.45) is 5.92 Å². The van der Waals surface area contributed by atoms with Gasteiger partial charge in [0.1, 0.15) is 5.69 Å². The van der Waals surface area contributed by atoms with Crippen LogP contribution >= 0.6 is 0 Å². The zero-order valence-electron chi connectivity index (χ0n) is 12.8. The van der Waals surface area contributed by atoms with Gasteiger partial charge < -0.3 is 10.3 Å². The molecule has 2 atom stereocenters. The van der Waals surface area contributed by atoms with Crippen molar-refractivity contribution in [3.8, 4) is 0 Å². The van der Waals surface area contributed by atoms with E-state index in [2.05, 4.69) is 10.3 Å². The van der Waals surface area contributed by atoms with Gasteiger partial charge in [0.2, 0.25) is 0 Å². The van der Waals surface area contributed by atoms with Crippen LogP contribution in [-0.2, 0) is 0 Å². The number of rotatable bonds is 2. The number of halogens is 3. The van der Waals surface area contributed by atoms with E-state index in [-0.39, 0.29) is 18.5 Å². The van der Waals surface area contributed by atoms with Gasteiger partial charge in [-0.1, -0.05) is 24.6 Å². The Morgan fingerprint density at radius 2 is 1.96 bits per heavy atom. The van der Waals surface area contributed by atoms with Crippen LogP contribution in [0.2, 0.25) is 0 Å². The smallest absolute Gasteiger partial charge is 0.348 e. The van der Waals surface area contributed by atoms with Gasteiger partial charge in [0.25, 0.3) is 11.5 Å². The van der Waals surface area contributed by atoms with Crippen LogP contribution in [0.3, 0.4) is 0 Å². The number of carbonyl (C=O) groups is 1. The molecular weight excluding hydrogens is 321 g/mol. The van der Waals surface area contributed by atoms with Crippen molar-refractivity contribution in [1.82, 2.24) is 10.3 Å². The summed E-state index contributed by atoms with van der Waals surface area (Å²) in [6, 6.07) is 7.82. The van der Waals surface area contributed by atoms with Crippen molar-refractivity contribution in [2.75, 3.05) is 0 Å². The number of pyridine rings is 1. The molecule has 0 bridgehead atoms. The molecule has 1 heterocycles. The highest BCUT2D eigenvalue weighted by Crippen LogP contribution is 2.37. The van der Waals surface area contributed by atoms with Gasteiger partial charge in [-0.3, -0.25) is 9.59 Å². The Balaban J connectivity index is 1.77. The van der Waals surface area contributed by atoms with Gasteiger partial charge in [0, 0.05) is 11.4 Å². The molecule has 3 rings (SSSR count). The Morgan fingerprint density at radius 1 is 1.21 bits per heavy atom. The SMILES string of the molecule is O=C(N[C@H]1CCC[C@@H](C(F)(F)F)C1)c1cc2ccccc2c(=O)[nH]1. The molecule has 7 heteroatoms. The lowest BCUT2D eigenvalue weighted by molar-refractivity contribution is -0.183. The molecule has 1 aliphatic carbocycles. The minimum Gasteiger partial charge on any atom is -0.348 e. The van der Waals surface area contributed by atoms with Crippen LogP contribution in [0.15, 0.2) is 35.1 Å². The van der Waals surface area contributed by atoms with Gasteiger partial charge in [0.15, 0.2) is 0 Å². The Bertz CT molecular complexity index is 813. The van der Waals surface area contributed by atoms with E-state index < -0.39 is 29.6 Å². The predicted molar refractivity (Wildman–Crippen MR) is 83.8 cm³/mol. The number of aromatic amines is 1. The van der Waals surface area contributed by atoms with Crippen molar-refractivity contribution < 1.29 is 18.0 Å². The molecule has 128 valence electrons. The summed E-state index contributed by atoms with van der Waals surface area (Å²) in [4.78, 5) is 26.8. The molecule has 1 fully saturated rings. The Hall–Kier alpha value is -2.31. The maximum atomic E-state index is 12.8. The van der Waals surface area contributed by atoms with E-state index >= 15 is 0 Å². The molecule has 1 aliphatic rings. The number of alkyl halides is 3. The molecular formula is C17H17F3N2O2. The highest BCUT2D eigenvalue weighted by atomic mass is 19.4. The predicted octanol–water partition coefficient (Wildman–Crippen LogP) is 3.38. The number of fused-ring (bicyclic) bond motifs is 1. The first-order valence-corrected chi connectivity index (χ1v) is 7.84. The molecule has 0 spiro atoms. The van der Waals surface area contributed by atoms with Crippen LogP contribution in [-0.4, -0.2) is 23.1 Å². The average Bonchev–Trinajstić information content (AvgIpc) is 2.54. The number of hydrogen-bond donors (Lipinski definition) is 2. The normalized spacial score (nSPS) is 21.6. The standard InChI is InChI=1S/C17H17F3N2O2/c18-17(19,20)11-5-3-6-12(9-11)21-16(24)14-8-10-4-1-2-7-13(10)15(23)22-14/h1-2,4,7-8,11-12H,3,5-6,9H2,(H,21,24)(H,22,23)/t11-,12+/m1/s1. The summed E-state index contributed by atoms with van der Waals surface area (Å²) in [5, 5.41) is 3.70. The molecule has 1 aromatic carbocycles. The highest BCUT2D eigenvalue weighted by Gasteiger charge is 2.42. The number of carbonyl (C=O) groups excluding carboxylic acids is 1. The lowest BCUT2D eigenvalue weighted by Crippen LogP contribution is -2.42. The van der Waals surface area contributed by atoms with Crippen molar-refractivity contribution in [2.45, 2.75) is 37.9 Å². The zero-order valence-corrected chi connectivity index (χ0v) is 12.8. The van der Waals surface area contributed by atoms with Crippen molar-refractivity contribution in [1.29, 1.82) is 0 Å². The summed E-state index contributed by atoms with van der Waals surface area (Å²) in [5.41, 5.74) is -0.331. The van der Waals surface area contributed by atoms with Gasteiger partial charge in [0.05, 0.1) is 5.92 Å². The maximum absolute atomic E-state index is 12.8. The van der Waals surface area contributed by atoms with Crippen LogP contribution in [0.1, 0.15) is 36.2 Å². The van der Waals surface area contributed by atoms with Gasteiger partial charge in [-0.15, -0.1) is 0 Å². The molecule has 24 heavy (non-hydrogen) atoms. The molecule has 0 radical (unpaired) electrons. The molecule has 0 unspecified atom stereocenters. The third-order valence-electron chi connectivity index (χ3n) is 4.47. The van der Waals surface area contributed by atoms with E-state index in [1.54, 1.807) is 24.3 Å². The van der Waals surface area contributed by atoms with Crippen molar-refractivity contribution in [3.05, 3.63) is 46.4 Å². The van der Waals surface area contributed by atoms with Crippen molar-refractivity contribution >= 4 is 16.7 Å². The molecule has 1 amide bonds. The van der Waals surface area contributed by atoms with Crippen LogP contribution in [0, 0.1) is 5.92 Å². The molecule has 1 saturated carbocycles. The van der Waals surface area contributed by atoms with Gasteiger partial charge in [-0.05, 0) is 36.8 Å². The van der Waals surface area contributed by atoms with Gasteiger partial charge in [-0.2, -0.15) is 13.2 Å². The first-order chi connectivity index (χ1) is 11.3. The quantitative estimate of drug-likeness (QED) is 0.882. The average molecular weight is 338 g/mol. The number of hydrogen-bond acceptors (Lipinski definition) is 2. The van der Waals surface area contributed by atoms with Crippen LogP contribution in [0.4, 0.5) is 13.2 Å². The maximum Gasteiger partial charge on any atom is 0.391 e. The third kappa shape index (κ3) is 3.44. The number of nitrogens with one attached hydrogen (secondary N) is 2. The summed E-state index contributed by atoms with van der Waals surface area (Å²) in [5.74, 6) is -1.93. The summed E-state index contributed by atoms with van der Waals surface area (Å²) < 4.78 is 38.5. The lowest BCUT2D eigenvalue weighted by atomic mass is 9.85. The van der Waals surface area contributed by atoms with Crippen LogP contribution < -0.4 is 10.9 Å². The molecule has 0 saturated heterocycles. The van der Waals surface area contributed by atoms with Gasteiger partial charge >= 0.3 is 6.18 Å². The Labute approximate surface area is 136 Å². The summed E-state index contributed by atoms with van der Waals surface area (Å²) in [6.45, 7) is 0. The molecule has 4 nitrogen and oxygen atoms in total. The molecule has 1 aromatic heterocycles. The number of benzene rings is 1.